The van der Waals surface area contributed by atoms with Crippen LogP contribution in [0.2, 0.25) is 10.0 Å². The van der Waals surface area contributed by atoms with Crippen LogP contribution in [-0.2, 0) is 16.0 Å². The first-order valence-corrected chi connectivity index (χ1v) is 10.5. The highest BCUT2D eigenvalue weighted by atomic mass is 35.5. The molecule has 9 heteroatoms. The Morgan fingerprint density at radius 3 is 2.55 bits per heavy atom. The predicted molar refractivity (Wildman–Crippen MR) is 116 cm³/mol. The lowest BCUT2D eigenvalue weighted by molar-refractivity contribution is -0.133. The number of likely N-dealkylation sites (N-methyl/N-ethyl adjacent to an activating group) is 1. The maximum absolute atomic E-state index is 12.7. The quantitative estimate of drug-likeness (QED) is 0.545. The van der Waals surface area contributed by atoms with Gasteiger partial charge in [-0.1, -0.05) is 29.3 Å². The van der Waals surface area contributed by atoms with Crippen LogP contribution < -0.4 is 5.32 Å². The van der Waals surface area contributed by atoms with Gasteiger partial charge in [0.15, 0.2) is 10.8 Å². The highest BCUT2D eigenvalue weighted by molar-refractivity contribution is 7.13. The zero-order valence-corrected chi connectivity index (χ0v) is 18.2. The first kappa shape index (κ1) is 21.4. The van der Waals surface area contributed by atoms with E-state index in [1.54, 1.807) is 18.2 Å². The summed E-state index contributed by atoms with van der Waals surface area (Å²) in [4.78, 5) is 31.0. The number of furan rings is 1. The standard InChI is InChI=1S/C20H19Cl2N3O3S/c1-3-25(10-17(26)24-19-14(21)5-4-6-15(19)22)18(27)9-13-11-29-20(23-13)16-8-7-12(2)28-16/h4-8,11H,3,9-10H2,1-2H3,(H,24,26). The smallest absolute Gasteiger partial charge is 0.244 e. The largest absolute Gasteiger partial charge is 0.459 e. The number of aromatic nitrogens is 1. The van der Waals surface area contributed by atoms with Gasteiger partial charge >= 0.3 is 0 Å². The maximum Gasteiger partial charge on any atom is 0.244 e. The number of hydrogen-bond acceptors (Lipinski definition) is 5. The summed E-state index contributed by atoms with van der Waals surface area (Å²) in [6.45, 7) is 3.95. The summed E-state index contributed by atoms with van der Waals surface area (Å²) in [5, 5.41) is 5.88. The number of aryl methyl sites for hydroxylation is 1. The number of halogens is 2. The normalized spacial score (nSPS) is 10.8. The fourth-order valence-electron chi connectivity index (χ4n) is 2.66. The molecule has 0 aliphatic rings. The Balaban J connectivity index is 1.62. The van der Waals surface area contributed by atoms with E-state index >= 15 is 0 Å². The lowest BCUT2D eigenvalue weighted by atomic mass is 10.2. The highest BCUT2D eigenvalue weighted by Gasteiger charge is 2.19. The van der Waals surface area contributed by atoms with Crippen molar-refractivity contribution in [1.29, 1.82) is 0 Å². The SMILES string of the molecule is CCN(CC(=O)Nc1c(Cl)cccc1Cl)C(=O)Cc1csc(-c2ccc(C)o2)n1. The van der Waals surface area contributed by atoms with Crippen LogP contribution in [0, 0.1) is 6.92 Å². The molecule has 0 aliphatic heterocycles. The third-order valence-electron chi connectivity index (χ3n) is 4.13. The lowest BCUT2D eigenvalue weighted by Gasteiger charge is -2.20. The Morgan fingerprint density at radius 1 is 1.21 bits per heavy atom. The molecule has 0 saturated carbocycles. The van der Waals surface area contributed by atoms with Crippen LogP contribution in [-0.4, -0.2) is 34.8 Å². The first-order chi connectivity index (χ1) is 13.9. The number of carbonyl (C=O) groups is 2. The summed E-state index contributed by atoms with van der Waals surface area (Å²) < 4.78 is 5.56. The van der Waals surface area contributed by atoms with E-state index in [-0.39, 0.29) is 24.8 Å². The first-order valence-electron chi connectivity index (χ1n) is 8.90. The van der Waals surface area contributed by atoms with E-state index in [0.29, 0.717) is 33.7 Å². The van der Waals surface area contributed by atoms with Gasteiger partial charge in [-0.3, -0.25) is 9.59 Å². The van der Waals surface area contributed by atoms with Crippen molar-refractivity contribution in [3.8, 4) is 10.8 Å². The molecule has 6 nitrogen and oxygen atoms in total. The zero-order chi connectivity index (χ0) is 21.0. The summed E-state index contributed by atoms with van der Waals surface area (Å²) >= 11 is 13.6. The summed E-state index contributed by atoms with van der Waals surface area (Å²) in [5.74, 6) is 0.907. The van der Waals surface area contributed by atoms with Gasteiger partial charge in [0.1, 0.15) is 5.76 Å². The average Bonchev–Trinajstić information content (AvgIpc) is 3.31. The second kappa shape index (κ2) is 9.43. The molecule has 2 heterocycles. The molecule has 2 amide bonds. The molecule has 0 fully saturated rings. The Kier molecular flexibility index (Phi) is 6.95. The molecule has 2 aromatic heterocycles. The van der Waals surface area contributed by atoms with Gasteiger partial charge in [0, 0.05) is 11.9 Å². The van der Waals surface area contributed by atoms with E-state index in [9.17, 15) is 9.59 Å². The van der Waals surface area contributed by atoms with Crippen molar-refractivity contribution in [2.45, 2.75) is 20.3 Å². The summed E-state index contributed by atoms with van der Waals surface area (Å²) in [6.07, 6.45) is 0.101. The Hall–Kier alpha value is -2.35. The molecule has 1 aromatic carbocycles. The molecule has 0 radical (unpaired) electrons. The van der Waals surface area contributed by atoms with Crippen LogP contribution in [0.5, 0.6) is 0 Å². The molecular weight excluding hydrogens is 433 g/mol. The molecule has 0 aliphatic carbocycles. The minimum Gasteiger partial charge on any atom is -0.459 e. The monoisotopic (exact) mass is 451 g/mol. The number of carbonyl (C=O) groups excluding carboxylic acids is 2. The van der Waals surface area contributed by atoms with Gasteiger partial charge in [-0.25, -0.2) is 4.98 Å². The number of anilines is 1. The molecule has 0 spiro atoms. The van der Waals surface area contributed by atoms with Crippen LogP contribution in [0.4, 0.5) is 5.69 Å². The van der Waals surface area contributed by atoms with Crippen molar-refractivity contribution in [1.82, 2.24) is 9.88 Å². The minimum absolute atomic E-state index is 0.101. The van der Waals surface area contributed by atoms with E-state index in [4.69, 9.17) is 27.6 Å². The molecule has 3 aromatic rings. The second-order valence-corrected chi connectivity index (χ2v) is 7.96. The van der Waals surface area contributed by atoms with Gasteiger partial charge < -0.3 is 14.6 Å². The average molecular weight is 452 g/mol. The van der Waals surface area contributed by atoms with E-state index < -0.39 is 0 Å². The number of benzene rings is 1. The number of thiazole rings is 1. The van der Waals surface area contributed by atoms with Crippen LogP contribution in [0.15, 0.2) is 40.1 Å². The number of nitrogens with one attached hydrogen (secondary N) is 1. The Labute approximate surface area is 182 Å². The molecule has 0 bridgehead atoms. The van der Waals surface area contributed by atoms with Crippen LogP contribution in [0.1, 0.15) is 18.4 Å². The highest BCUT2D eigenvalue weighted by Crippen LogP contribution is 2.30. The molecular formula is C20H19Cl2N3O3S. The van der Waals surface area contributed by atoms with Gasteiger partial charge in [0.05, 0.1) is 34.4 Å². The van der Waals surface area contributed by atoms with E-state index in [2.05, 4.69) is 10.3 Å². The van der Waals surface area contributed by atoms with Crippen molar-refractivity contribution >= 4 is 52.0 Å². The van der Waals surface area contributed by atoms with Crippen LogP contribution in [0.3, 0.4) is 0 Å². The fraction of sp³-hybridized carbons (Fsp3) is 0.250. The summed E-state index contributed by atoms with van der Waals surface area (Å²) in [6, 6.07) is 8.67. The topological polar surface area (TPSA) is 75.4 Å². The molecule has 0 atom stereocenters. The van der Waals surface area contributed by atoms with Gasteiger partial charge in [0.2, 0.25) is 11.8 Å². The second-order valence-electron chi connectivity index (χ2n) is 6.28. The minimum atomic E-state index is -0.375. The third-order valence-corrected chi connectivity index (χ3v) is 5.67. The van der Waals surface area contributed by atoms with Gasteiger partial charge in [-0.15, -0.1) is 11.3 Å². The molecule has 3 rings (SSSR count). The maximum atomic E-state index is 12.7. The summed E-state index contributed by atoms with van der Waals surface area (Å²) in [7, 11) is 0. The Morgan fingerprint density at radius 2 is 1.93 bits per heavy atom. The zero-order valence-electron chi connectivity index (χ0n) is 15.9. The van der Waals surface area contributed by atoms with E-state index in [1.165, 1.54) is 16.2 Å². The predicted octanol–water partition coefficient (Wildman–Crippen LogP) is 5.05. The number of nitrogens with zero attached hydrogens (tertiary/aromatic N) is 2. The fourth-order valence-corrected chi connectivity index (χ4v) is 3.93. The lowest BCUT2D eigenvalue weighted by Crippen LogP contribution is -2.38. The van der Waals surface area contributed by atoms with Gasteiger partial charge in [-0.05, 0) is 38.1 Å². The molecule has 152 valence electrons. The number of para-hydroxylation sites is 1. The van der Waals surface area contributed by atoms with Gasteiger partial charge in [0.25, 0.3) is 0 Å². The van der Waals surface area contributed by atoms with Crippen molar-refractivity contribution < 1.29 is 14.0 Å². The number of rotatable bonds is 7. The van der Waals surface area contributed by atoms with Crippen molar-refractivity contribution in [2.75, 3.05) is 18.4 Å². The van der Waals surface area contributed by atoms with Crippen molar-refractivity contribution in [2.24, 2.45) is 0 Å². The third kappa shape index (κ3) is 5.38. The van der Waals surface area contributed by atoms with Gasteiger partial charge in [-0.2, -0.15) is 0 Å². The van der Waals surface area contributed by atoms with Crippen LogP contribution >= 0.6 is 34.5 Å². The van der Waals surface area contributed by atoms with Crippen molar-refractivity contribution in [3.05, 3.63) is 57.2 Å². The number of hydrogen-bond donors (Lipinski definition) is 1. The molecule has 0 unspecified atom stereocenters. The molecule has 1 N–H and O–H groups in total. The summed E-state index contributed by atoms with van der Waals surface area (Å²) in [5.41, 5.74) is 0.972. The van der Waals surface area contributed by atoms with E-state index in [1.807, 2.05) is 31.4 Å². The Bertz CT molecular complexity index is 1010. The molecule has 0 saturated heterocycles. The van der Waals surface area contributed by atoms with Crippen LogP contribution in [0.25, 0.3) is 10.8 Å². The molecule has 29 heavy (non-hydrogen) atoms. The van der Waals surface area contributed by atoms with Crippen molar-refractivity contribution in [3.63, 3.8) is 0 Å². The number of amides is 2. The van der Waals surface area contributed by atoms with E-state index in [0.717, 1.165) is 10.8 Å².